The van der Waals surface area contributed by atoms with Gasteiger partial charge in [-0.3, -0.25) is 9.59 Å². The van der Waals surface area contributed by atoms with Crippen LogP contribution in [-0.2, 0) is 0 Å². The molecule has 2 aromatic carbocycles. The summed E-state index contributed by atoms with van der Waals surface area (Å²) in [4.78, 5) is 30.6. The van der Waals surface area contributed by atoms with Crippen molar-refractivity contribution >= 4 is 16.9 Å². The van der Waals surface area contributed by atoms with Crippen molar-refractivity contribution in [3.63, 3.8) is 0 Å². The molecule has 0 N–H and O–H groups in total. The maximum atomic E-state index is 13.8. The Morgan fingerprint density at radius 1 is 1.10 bits per heavy atom. The molecule has 1 aliphatic rings. The Labute approximate surface area is 179 Å². The topological polar surface area (TPSA) is 63.0 Å². The fourth-order valence-corrected chi connectivity index (χ4v) is 4.14. The van der Waals surface area contributed by atoms with Crippen LogP contribution in [0.2, 0.25) is 0 Å². The van der Waals surface area contributed by atoms with Gasteiger partial charge in [-0.1, -0.05) is 26.0 Å². The minimum absolute atomic E-state index is 0.0319. The number of methoxy groups -OCH3 is 1. The summed E-state index contributed by atoms with van der Waals surface area (Å²) in [7, 11) is 1.58. The lowest BCUT2D eigenvalue weighted by Crippen LogP contribution is -2.37. The molecule has 1 atom stereocenters. The maximum Gasteiger partial charge on any atom is 0.290 e. The zero-order chi connectivity index (χ0) is 22.1. The van der Waals surface area contributed by atoms with Gasteiger partial charge in [-0.2, -0.15) is 0 Å². The van der Waals surface area contributed by atoms with Crippen LogP contribution in [0.4, 0.5) is 4.39 Å². The normalized spacial score (nSPS) is 15.7. The quantitative estimate of drug-likeness (QED) is 0.577. The van der Waals surface area contributed by atoms with Crippen LogP contribution in [0.5, 0.6) is 5.75 Å². The van der Waals surface area contributed by atoms with Crippen molar-refractivity contribution < 1.29 is 18.3 Å². The van der Waals surface area contributed by atoms with E-state index in [2.05, 4.69) is 18.7 Å². The van der Waals surface area contributed by atoms with Gasteiger partial charge in [-0.25, -0.2) is 4.39 Å². The standard InChI is InChI=1S/C24H25FN2O4/c1-4-26(5-2)12-13-27-21(15-6-9-17(30-3)10-7-15)20-22(28)18-14-16(25)8-11-19(18)31-23(20)24(27)29/h6-11,14,21H,4-5,12-13H2,1-3H3/t21-/m1/s1. The van der Waals surface area contributed by atoms with Crippen LogP contribution >= 0.6 is 0 Å². The Kier molecular flexibility index (Phi) is 5.78. The molecule has 4 rings (SSSR count). The molecular weight excluding hydrogens is 399 g/mol. The Bertz CT molecular complexity index is 1170. The summed E-state index contributed by atoms with van der Waals surface area (Å²) in [6, 6.07) is 10.4. The van der Waals surface area contributed by atoms with Crippen LogP contribution in [0, 0.1) is 5.82 Å². The predicted molar refractivity (Wildman–Crippen MR) is 116 cm³/mol. The average molecular weight is 424 g/mol. The molecule has 0 saturated carbocycles. The Balaban J connectivity index is 1.86. The van der Waals surface area contributed by atoms with Gasteiger partial charge in [-0.15, -0.1) is 0 Å². The summed E-state index contributed by atoms with van der Waals surface area (Å²) in [5, 5.41) is 0.135. The first-order chi connectivity index (χ1) is 15.0. The van der Waals surface area contributed by atoms with E-state index < -0.39 is 11.9 Å². The molecule has 162 valence electrons. The average Bonchev–Trinajstić information content (AvgIpc) is 3.07. The van der Waals surface area contributed by atoms with Crippen molar-refractivity contribution in [2.24, 2.45) is 0 Å². The van der Waals surface area contributed by atoms with Crippen LogP contribution in [0.3, 0.4) is 0 Å². The summed E-state index contributed by atoms with van der Waals surface area (Å²) in [5.41, 5.74) is 0.858. The summed E-state index contributed by atoms with van der Waals surface area (Å²) in [6.07, 6.45) is 0. The molecule has 2 heterocycles. The minimum Gasteiger partial charge on any atom is -0.497 e. The van der Waals surface area contributed by atoms with Gasteiger partial charge in [0.05, 0.1) is 24.1 Å². The molecule has 0 bridgehead atoms. The van der Waals surface area contributed by atoms with E-state index in [1.54, 1.807) is 24.1 Å². The number of likely N-dealkylation sites (N-methyl/N-ethyl adjacent to an activating group) is 1. The van der Waals surface area contributed by atoms with E-state index in [9.17, 15) is 14.0 Å². The van der Waals surface area contributed by atoms with Crippen molar-refractivity contribution in [1.82, 2.24) is 9.80 Å². The number of ether oxygens (including phenoxy) is 1. The van der Waals surface area contributed by atoms with Crippen molar-refractivity contribution in [3.8, 4) is 5.75 Å². The number of nitrogens with zero attached hydrogens (tertiary/aromatic N) is 2. The third-order valence-corrected chi connectivity index (χ3v) is 5.91. The monoisotopic (exact) mass is 424 g/mol. The van der Waals surface area contributed by atoms with Gasteiger partial charge in [0.25, 0.3) is 5.91 Å². The number of carbonyl (C=O) groups is 1. The lowest BCUT2D eigenvalue weighted by molar-refractivity contribution is 0.0708. The summed E-state index contributed by atoms with van der Waals surface area (Å²) in [6.45, 7) is 6.96. The van der Waals surface area contributed by atoms with Crippen LogP contribution in [-0.4, -0.2) is 49.0 Å². The number of hydrogen-bond donors (Lipinski definition) is 0. The fourth-order valence-electron chi connectivity index (χ4n) is 4.14. The number of rotatable bonds is 7. The van der Waals surface area contributed by atoms with E-state index in [1.807, 2.05) is 12.1 Å². The van der Waals surface area contributed by atoms with Gasteiger partial charge >= 0.3 is 0 Å². The van der Waals surface area contributed by atoms with Crippen molar-refractivity contribution in [3.05, 3.63) is 75.4 Å². The molecule has 7 heteroatoms. The predicted octanol–water partition coefficient (Wildman–Crippen LogP) is 3.83. The van der Waals surface area contributed by atoms with Gasteiger partial charge in [0.2, 0.25) is 5.76 Å². The van der Waals surface area contributed by atoms with Crippen molar-refractivity contribution in [2.75, 3.05) is 33.3 Å². The first-order valence-electron chi connectivity index (χ1n) is 10.4. The van der Waals surface area contributed by atoms with E-state index in [4.69, 9.17) is 9.15 Å². The fraction of sp³-hybridized carbons (Fsp3) is 0.333. The van der Waals surface area contributed by atoms with E-state index in [1.165, 1.54) is 12.1 Å². The molecule has 0 radical (unpaired) electrons. The summed E-state index contributed by atoms with van der Waals surface area (Å²) < 4.78 is 24.9. The van der Waals surface area contributed by atoms with E-state index in [0.717, 1.165) is 24.7 Å². The molecule has 0 aliphatic carbocycles. The number of amides is 1. The van der Waals surface area contributed by atoms with Crippen LogP contribution in [0.1, 0.15) is 41.6 Å². The first kappa shape index (κ1) is 21.1. The number of carbonyl (C=O) groups excluding carboxylic acids is 1. The second-order valence-electron chi connectivity index (χ2n) is 7.52. The second-order valence-corrected chi connectivity index (χ2v) is 7.52. The number of fused-ring (bicyclic) bond motifs is 2. The van der Waals surface area contributed by atoms with E-state index in [0.29, 0.717) is 18.8 Å². The van der Waals surface area contributed by atoms with Gasteiger partial charge in [-0.05, 0) is 49.0 Å². The molecule has 6 nitrogen and oxygen atoms in total. The highest BCUT2D eigenvalue weighted by molar-refractivity contribution is 5.99. The van der Waals surface area contributed by atoms with Gasteiger partial charge in [0.1, 0.15) is 17.1 Å². The molecular formula is C24H25FN2O4. The zero-order valence-corrected chi connectivity index (χ0v) is 17.9. The van der Waals surface area contributed by atoms with Crippen molar-refractivity contribution in [2.45, 2.75) is 19.9 Å². The summed E-state index contributed by atoms with van der Waals surface area (Å²) >= 11 is 0. The van der Waals surface area contributed by atoms with Crippen molar-refractivity contribution in [1.29, 1.82) is 0 Å². The molecule has 0 saturated heterocycles. The van der Waals surface area contributed by atoms with Crippen LogP contribution < -0.4 is 10.2 Å². The largest absolute Gasteiger partial charge is 0.497 e. The van der Waals surface area contributed by atoms with Crippen LogP contribution in [0.25, 0.3) is 11.0 Å². The summed E-state index contributed by atoms with van der Waals surface area (Å²) in [5.74, 6) is -0.144. The van der Waals surface area contributed by atoms with Gasteiger partial charge in [0, 0.05) is 13.1 Å². The Morgan fingerprint density at radius 2 is 1.81 bits per heavy atom. The van der Waals surface area contributed by atoms with E-state index >= 15 is 0 Å². The van der Waals surface area contributed by atoms with Gasteiger partial charge < -0.3 is 19.0 Å². The van der Waals surface area contributed by atoms with E-state index in [-0.39, 0.29) is 33.6 Å². The molecule has 1 aliphatic heterocycles. The smallest absolute Gasteiger partial charge is 0.290 e. The maximum absolute atomic E-state index is 13.8. The van der Waals surface area contributed by atoms with Gasteiger partial charge in [0.15, 0.2) is 5.43 Å². The molecule has 1 aromatic heterocycles. The number of benzene rings is 2. The zero-order valence-electron chi connectivity index (χ0n) is 17.9. The highest BCUT2D eigenvalue weighted by Gasteiger charge is 2.42. The molecule has 1 amide bonds. The SMILES string of the molecule is CCN(CC)CCN1C(=O)c2oc3ccc(F)cc3c(=O)c2[C@H]1c1ccc(OC)cc1. The molecule has 0 fully saturated rings. The Morgan fingerprint density at radius 3 is 2.45 bits per heavy atom. The number of hydrogen-bond acceptors (Lipinski definition) is 5. The molecule has 0 spiro atoms. The molecule has 0 unspecified atom stereocenters. The molecule has 3 aromatic rings. The minimum atomic E-state index is -0.604. The number of halogens is 1. The second kappa shape index (κ2) is 8.51. The lowest BCUT2D eigenvalue weighted by Gasteiger charge is -2.28. The lowest BCUT2D eigenvalue weighted by atomic mass is 9.98. The Hall–Kier alpha value is -3.19. The third-order valence-electron chi connectivity index (χ3n) is 5.91. The highest BCUT2D eigenvalue weighted by Crippen LogP contribution is 2.38. The third kappa shape index (κ3) is 3.70. The molecule has 31 heavy (non-hydrogen) atoms. The van der Waals surface area contributed by atoms with Crippen LogP contribution in [0.15, 0.2) is 51.7 Å². The highest BCUT2D eigenvalue weighted by atomic mass is 19.1. The first-order valence-corrected chi connectivity index (χ1v) is 10.4.